The molecule has 0 heterocycles. The highest BCUT2D eigenvalue weighted by atomic mass is 19.1. The molecule has 98 valence electrons. The van der Waals surface area contributed by atoms with Gasteiger partial charge in [0.15, 0.2) is 0 Å². The molecule has 3 nitrogen and oxygen atoms in total. The molecule has 1 aliphatic carbocycles. The summed E-state index contributed by atoms with van der Waals surface area (Å²) in [5.41, 5.74) is 0.0991. The second kappa shape index (κ2) is 4.69. The van der Waals surface area contributed by atoms with Gasteiger partial charge in [-0.15, -0.1) is 0 Å². The van der Waals surface area contributed by atoms with Crippen LogP contribution in [0.1, 0.15) is 31.4 Å². The fraction of sp³-hybridized carbons (Fsp3) is 0.500. The Hall–Kier alpha value is -1.42. The minimum absolute atomic E-state index is 0.273. The predicted octanol–water partition coefficient (Wildman–Crippen LogP) is 2.16. The van der Waals surface area contributed by atoms with Crippen molar-refractivity contribution in [3.8, 4) is 0 Å². The minimum atomic E-state index is -1.32. The van der Waals surface area contributed by atoms with Gasteiger partial charge in [0.05, 0.1) is 12.5 Å². The first-order chi connectivity index (χ1) is 8.49. The average molecular weight is 252 g/mol. The molecule has 2 rings (SSSR count). The van der Waals surface area contributed by atoms with Crippen molar-refractivity contribution >= 4 is 5.97 Å². The van der Waals surface area contributed by atoms with E-state index < -0.39 is 23.3 Å². The maximum atomic E-state index is 13.3. The molecule has 2 atom stereocenters. The van der Waals surface area contributed by atoms with Crippen LogP contribution in [0.3, 0.4) is 0 Å². The SMILES string of the molecule is CCOC(=O)[C@H](C)[C@@]1(O)CCc2ccc(F)cc21. The number of hydrogen-bond donors (Lipinski definition) is 1. The Morgan fingerprint density at radius 3 is 3.00 bits per heavy atom. The number of aryl methyl sites for hydroxylation is 1. The van der Waals surface area contributed by atoms with Gasteiger partial charge in [-0.3, -0.25) is 4.79 Å². The second-order valence-corrected chi connectivity index (χ2v) is 4.70. The zero-order chi connectivity index (χ0) is 13.3. The third-order valence-corrected chi connectivity index (χ3v) is 3.67. The van der Waals surface area contributed by atoms with Crippen LogP contribution < -0.4 is 0 Å². The predicted molar refractivity (Wildman–Crippen MR) is 64.4 cm³/mol. The molecule has 1 aromatic rings. The van der Waals surface area contributed by atoms with Crippen LogP contribution >= 0.6 is 0 Å². The summed E-state index contributed by atoms with van der Waals surface area (Å²) in [6.07, 6.45) is 1.07. The summed E-state index contributed by atoms with van der Waals surface area (Å²) < 4.78 is 18.2. The molecule has 1 aliphatic rings. The number of fused-ring (bicyclic) bond motifs is 1. The molecular formula is C14H17FO3. The number of rotatable bonds is 3. The number of esters is 1. The van der Waals surface area contributed by atoms with Crippen LogP contribution in [0.4, 0.5) is 4.39 Å². The standard InChI is InChI=1S/C14H17FO3/c1-3-18-13(16)9(2)14(17)7-6-10-4-5-11(15)8-12(10)14/h4-5,8-9,17H,3,6-7H2,1-2H3/t9-,14-/m0/s1. The summed E-state index contributed by atoms with van der Waals surface area (Å²) in [7, 11) is 0. The third-order valence-electron chi connectivity index (χ3n) is 3.67. The van der Waals surface area contributed by atoms with Gasteiger partial charge in [0, 0.05) is 0 Å². The highest BCUT2D eigenvalue weighted by Crippen LogP contribution is 2.42. The highest BCUT2D eigenvalue weighted by Gasteiger charge is 2.45. The third kappa shape index (κ3) is 2.01. The number of halogens is 1. The van der Waals surface area contributed by atoms with Gasteiger partial charge in [-0.1, -0.05) is 6.07 Å². The van der Waals surface area contributed by atoms with Gasteiger partial charge in [0.2, 0.25) is 0 Å². The Balaban J connectivity index is 2.35. The molecule has 4 heteroatoms. The van der Waals surface area contributed by atoms with Gasteiger partial charge in [0.1, 0.15) is 11.4 Å². The first-order valence-electron chi connectivity index (χ1n) is 6.17. The van der Waals surface area contributed by atoms with Gasteiger partial charge >= 0.3 is 5.97 Å². The van der Waals surface area contributed by atoms with Crippen molar-refractivity contribution in [3.63, 3.8) is 0 Å². The molecule has 0 spiro atoms. The lowest BCUT2D eigenvalue weighted by Crippen LogP contribution is -2.37. The lowest BCUT2D eigenvalue weighted by atomic mass is 9.83. The van der Waals surface area contributed by atoms with E-state index in [2.05, 4.69) is 0 Å². The summed E-state index contributed by atoms with van der Waals surface area (Å²) in [6.45, 7) is 3.62. The molecule has 18 heavy (non-hydrogen) atoms. The van der Waals surface area contributed by atoms with E-state index in [1.165, 1.54) is 12.1 Å². The quantitative estimate of drug-likeness (QED) is 0.838. The summed E-state index contributed by atoms with van der Waals surface area (Å²) in [4.78, 5) is 11.8. The number of carbonyl (C=O) groups is 1. The Kier molecular flexibility index (Phi) is 3.39. The molecule has 0 unspecified atom stereocenters. The van der Waals surface area contributed by atoms with E-state index in [1.807, 2.05) is 0 Å². The first-order valence-corrected chi connectivity index (χ1v) is 6.17. The summed E-state index contributed by atoms with van der Waals surface area (Å²) in [5.74, 6) is -1.54. The van der Waals surface area contributed by atoms with Crippen molar-refractivity contribution in [2.75, 3.05) is 6.61 Å². The zero-order valence-electron chi connectivity index (χ0n) is 10.6. The van der Waals surface area contributed by atoms with E-state index in [-0.39, 0.29) is 6.61 Å². The van der Waals surface area contributed by atoms with Crippen LogP contribution in [0.5, 0.6) is 0 Å². The molecule has 0 aromatic heterocycles. The van der Waals surface area contributed by atoms with Gasteiger partial charge in [-0.25, -0.2) is 4.39 Å². The van der Waals surface area contributed by atoms with Crippen LogP contribution in [0.2, 0.25) is 0 Å². The van der Waals surface area contributed by atoms with Gasteiger partial charge in [-0.05, 0) is 49.9 Å². The van der Waals surface area contributed by atoms with E-state index in [0.717, 1.165) is 5.56 Å². The van der Waals surface area contributed by atoms with Crippen molar-refractivity contribution in [2.24, 2.45) is 5.92 Å². The van der Waals surface area contributed by atoms with Crippen LogP contribution in [-0.2, 0) is 21.6 Å². The van der Waals surface area contributed by atoms with Crippen molar-refractivity contribution in [3.05, 3.63) is 35.1 Å². The van der Waals surface area contributed by atoms with Gasteiger partial charge in [0.25, 0.3) is 0 Å². The van der Waals surface area contributed by atoms with Crippen molar-refractivity contribution in [2.45, 2.75) is 32.3 Å². The first kappa shape index (κ1) is 13.0. The van der Waals surface area contributed by atoms with Gasteiger partial charge < -0.3 is 9.84 Å². The molecule has 0 saturated carbocycles. The summed E-state index contributed by atoms with van der Waals surface area (Å²) in [6, 6.07) is 4.36. The topological polar surface area (TPSA) is 46.5 Å². The number of ether oxygens (including phenoxy) is 1. The average Bonchev–Trinajstić information content (AvgIpc) is 2.67. The van der Waals surface area contributed by atoms with E-state index in [0.29, 0.717) is 18.4 Å². The Labute approximate surface area is 106 Å². The van der Waals surface area contributed by atoms with Crippen molar-refractivity contribution < 1.29 is 19.0 Å². The minimum Gasteiger partial charge on any atom is -0.466 e. The fourth-order valence-corrected chi connectivity index (χ4v) is 2.54. The molecule has 0 amide bonds. The maximum Gasteiger partial charge on any atom is 0.311 e. The van der Waals surface area contributed by atoms with Crippen molar-refractivity contribution in [1.29, 1.82) is 0 Å². The largest absolute Gasteiger partial charge is 0.466 e. The maximum absolute atomic E-state index is 13.3. The summed E-state index contributed by atoms with van der Waals surface area (Å²) >= 11 is 0. The molecule has 0 fully saturated rings. The molecular weight excluding hydrogens is 235 g/mol. The molecule has 0 bridgehead atoms. The second-order valence-electron chi connectivity index (χ2n) is 4.70. The smallest absolute Gasteiger partial charge is 0.311 e. The number of hydrogen-bond acceptors (Lipinski definition) is 3. The molecule has 1 N–H and O–H groups in total. The highest BCUT2D eigenvalue weighted by molar-refractivity contribution is 5.74. The molecule has 0 radical (unpaired) electrons. The van der Waals surface area contributed by atoms with Crippen molar-refractivity contribution in [1.82, 2.24) is 0 Å². The van der Waals surface area contributed by atoms with Gasteiger partial charge in [-0.2, -0.15) is 0 Å². The Bertz CT molecular complexity index is 472. The zero-order valence-corrected chi connectivity index (χ0v) is 10.6. The lowest BCUT2D eigenvalue weighted by molar-refractivity contribution is -0.158. The molecule has 0 aliphatic heterocycles. The van der Waals surface area contributed by atoms with Crippen LogP contribution in [0, 0.1) is 11.7 Å². The Morgan fingerprint density at radius 1 is 1.61 bits per heavy atom. The van der Waals surface area contributed by atoms with E-state index in [9.17, 15) is 14.3 Å². The number of benzene rings is 1. The van der Waals surface area contributed by atoms with Crippen LogP contribution in [0.15, 0.2) is 18.2 Å². The fourth-order valence-electron chi connectivity index (χ4n) is 2.54. The normalized spacial score (nSPS) is 23.6. The Morgan fingerprint density at radius 2 is 2.33 bits per heavy atom. The molecule has 0 saturated heterocycles. The van der Waals surface area contributed by atoms with E-state index in [4.69, 9.17) is 4.74 Å². The number of carbonyl (C=O) groups excluding carboxylic acids is 1. The van der Waals surface area contributed by atoms with E-state index >= 15 is 0 Å². The van der Waals surface area contributed by atoms with Crippen LogP contribution in [0.25, 0.3) is 0 Å². The summed E-state index contributed by atoms with van der Waals surface area (Å²) in [5, 5.41) is 10.7. The number of aliphatic hydroxyl groups is 1. The lowest BCUT2D eigenvalue weighted by Gasteiger charge is -2.29. The molecule has 1 aromatic carbocycles. The monoisotopic (exact) mass is 252 g/mol. The van der Waals surface area contributed by atoms with Crippen LogP contribution in [-0.4, -0.2) is 17.7 Å². The van der Waals surface area contributed by atoms with E-state index in [1.54, 1.807) is 19.9 Å².